The van der Waals surface area contributed by atoms with Crippen LogP contribution in [0.15, 0.2) is 24.3 Å². The van der Waals surface area contributed by atoms with Crippen molar-refractivity contribution in [2.45, 2.75) is 83.6 Å². The molecule has 2 heteroatoms. The number of unbranched alkanes of at least 4 members (excludes halogenated alkanes) is 4. The van der Waals surface area contributed by atoms with Crippen LogP contribution in [-0.4, -0.2) is 12.1 Å². The maximum Gasteiger partial charge on any atom is 0.119 e. The largest absolute Gasteiger partial charge is 0.494 e. The second kappa shape index (κ2) is 9.32. The maximum absolute atomic E-state index is 6.57. The molecule has 1 aromatic rings. The average Bonchev–Trinajstić information content (AvgIpc) is 2.94. The summed E-state index contributed by atoms with van der Waals surface area (Å²) in [6.45, 7) is 5.32. The average molecular weight is 318 g/mol. The minimum Gasteiger partial charge on any atom is -0.494 e. The molecule has 0 heterocycles. The number of hydrogen-bond donors (Lipinski definition) is 1. The summed E-state index contributed by atoms with van der Waals surface area (Å²) in [4.78, 5) is 0. The summed E-state index contributed by atoms with van der Waals surface area (Å²) in [5.74, 6) is 1.64. The van der Waals surface area contributed by atoms with E-state index in [9.17, 15) is 0 Å². The molecular weight excluding hydrogens is 282 g/mol. The molecular formula is C21H35NO. The molecule has 1 aliphatic rings. The van der Waals surface area contributed by atoms with E-state index in [0.717, 1.165) is 31.6 Å². The fraction of sp³-hybridized carbons (Fsp3) is 0.714. The van der Waals surface area contributed by atoms with E-state index in [4.69, 9.17) is 10.5 Å². The number of ether oxygens (including phenoxy) is 1. The van der Waals surface area contributed by atoms with Crippen molar-refractivity contribution in [3.8, 4) is 5.75 Å². The van der Waals surface area contributed by atoms with Gasteiger partial charge in [-0.3, -0.25) is 0 Å². The van der Waals surface area contributed by atoms with Crippen molar-refractivity contribution in [3.63, 3.8) is 0 Å². The van der Waals surface area contributed by atoms with E-state index in [0.29, 0.717) is 5.92 Å². The number of nitrogens with two attached hydrogens (primary N) is 1. The van der Waals surface area contributed by atoms with E-state index in [1.165, 1.54) is 50.5 Å². The van der Waals surface area contributed by atoms with Crippen LogP contribution in [-0.2, 0) is 6.42 Å². The van der Waals surface area contributed by atoms with Crippen LogP contribution in [0.2, 0.25) is 0 Å². The van der Waals surface area contributed by atoms with E-state index >= 15 is 0 Å². The Labute approximate surface area is 142 Å². The van der Waals surface area contributed by atoms with Gasteiger partial charge in [0.25, 0.3) is 0 Å². The second-order valence-corrected chi connectivity index (χ2v) is 7.29. The van der Waals surface area contributed by atoms with Crippen LogP contribution >= 0.6 is 0 Å². The highest BCUT2D eigenvalue weighted by Crippen LogP contribution is 2.38. The van der Waals surface area contributed by atoms with Gasteiger partial charge in [0, 0.05) is 5.54 Å². The SMILES string of the molecule is CCCCCCCOc1ccc(C[C@@H]2CCC[C@]2(N)CC)cc1. The highest BCUT2D eigenvalue weighted by molar-refractivity contribution is 5.28. The Kier molecular flexibility index (Phi) is 7.42. The van der Waals surface area contributed by atoms with Gasteiger partial charge in [-0.25, -0.2) is 0 Å². The third-order valence-electron chi connectivity index (χ3n) is 5.59. The number of rotatable bonds is 10. The first-order chi connectivity index (χ1) is 11.2. The van der Waals surface area contributed by atoms with Crippen LogP contribution in [0.1, 0.15) is 77.2 Å². The summed E-state index contributed by atoms with van der Waals surface area (Å²) in [5, 5.41) is 0. The Morgan fingerprint density at radius 2 is 1.83 bits per heavy atom. The molecule has 0 saturated heterocycles. The van der Waals surface area contributed by atoms with E-state index in [-0.39, 0.29) is 5.54 Å². The third-order valence-corrected chi connectivity index (χ3v) is 5.59. The minimum atomic E-state index is 0.0632. The predicted molar refractivity (Wildman–Crippen MR) is 99.0 cm³/mol. The quantitative estimate of drug-likeness (QED) is 0.579. The molecule has 0 spiro atoms. The first-order valence-electron chi connectivity index (χ1n) is 9.68. The molecule has 0 aliphatic heterocycles. The highest BCUT2D eigenvalue weighted by Gasteiger charge is 2.37. The van der Waals surface area contributed by atoms with Crippen molar-refractivity contribution in [1.29, 1.82) is 0 Å². The number of hydrogen-bond acceptors (Lipinski definition) is 2. The maximum atomic E-state index is 6.57. The fourth-order valence-electron chi connectivity index (χ4n) is 3.84. The van der Waals surface area contributed by atoms with Gasteiger partial charge >= 0.3 is 0 Å². The van der Waals surface area contributed by atoms with Crippen molar-refractivity contribution in [3.05, 3.63) is 29.8 Å². The van der Waals surface area contributed by atoms with Gasteiger partial charge in [0.2, 0.25) is 0 Å². The molecule has 1 aliphatic carbocycles. The topological polar surface area (TPSA) is 35.2 Å². The lowest BCUT2D eigenvalue weighted by Crippen LogP contribution is -2.43. The molecule has 0 unspecified atom stereocenters. The summed E-state index contributed by atoms with van der Waals surface area (Å²) < 4.78 is 5.85. The van der Waals surface area contributed by atoms with Crippen molar-refractivity contribution in [2.75, 3.05) is 6.61 Å². The molecule has 0 aromatic heterocycles. The lowest BCUT2D eigenvalue weighted by molar-refractivity contribution is 0.301. The Hall–Kier alpha value is -1.02. The van der Waals surface area contributed by atoms with Crippen molar-refractivity contribution in [2.24, 2.45) is 11.7 Å². The van der Waals surface area contributed by atoms with Crippen LogP contribution in [0, 0.1) is 5.92 Å². The lowest BCUT2D eigenvalue weighted by Gasteiger charge is -2.30. The third kappa shape index (κ3) is 5.53. The Balaban J connectivity index is 1.74. The first-order valence-corrected chi connectivity index (χ1v) is 9.68. The molecule has 2 N–H and O–H groups in total. The normalized spacial score (nSPS) is 24.0. The second-order valence-electron chi connectivity index (χ2n) is 7.29. The number of benzene rings is 1. The van der Waals surface area contributed by atoms with Gasteiger partial charge in [-0.05, 0) is 55.7 Å². The molecule has 1 saturated carbocycles. The van der Waals surface area contributed by atoms with Crippen LogP contribution in [0.25, 0.3) is 0 Å². The summed E-state index contributed by atoms with van der Waals surface area (Å²) in [5.41, 5.74) is 8.03. The zero-order chi connectivity index (χ0) is 16.5. The van der Waals surface area contributed by atoms with Gasteiger partial charge in [-0.15, -0.1) is 0 Å². The zero-order valence-electron chi connectivity index (χ0n) is 15.2. The van der Waals surface area contributed by atoms with Crippen molar-refractivity contribution < 1.29 is 4.74 Å². The van der Waals surface area contributed by atoms with Crippen molar-refractivity contribution in [1.82, 2.24) is 0 Å². The molecule has 2 rings (SSSR count). The van der Waals surface area contributed by atoms with Gasteiger partial charge in [-0.2, -0.15) is 0 Å². The van der Waals surface area contributed by atoms with Crippen molar-refractivity contribution >= 4 is 0 Å². The zero-order valence-corrected chi connectivity index (χ0v) is 15.2. The molecule has 0 bridgehead atoms. The molecule has 1 fully saturated rings. The minimum absolute atomic E-state index is 0.0632. The van der Waals surface area contributed by atoms with Gasteiger partial charge < -0.3 is 10.5 Å². The Bertz CT molecular complexity index is 442. The van der Waals surface area contributed by atoms with Gasteiger partial charge in [0.1, 0.15) is 5.75 Å². The molecule has 0 radical (unpaired) electrons. The smallest absolute Gasteiger partial charge is 0.119 e. The molecule has 2 nitrogen and oxygen atoms in total. The molecule has 130 valence electrons. The van der Waals surface area contributed by atoms with Crippen LogP contribution < -0.4 is 10.5 Å². The predicted octanol–water partition coefficient (Wildman–Crippen LogP) is 5.49. The van der Waals surface area contributed by atoms with E-state index in [1.54, 1.807) is 0 Å². The Morgan fingerprint density at radius 1 is 1.09 bits per heavy atom. The standard InChI is InChI=1S/C21H35NO/c1-3-5-6-7-8-16-23-20-13-11-18(12-14-20)17-19-10-9-15-21(19,22)4-2/h11-14,19H,3-10,15-17,22H2,1-2H3/t19-,21+/m0/s1. The first kappa shape index (κ1) is 18.3. The van der Waals surface area contributed by atoms with Crippen LogP contribution in [0.4, 0.5) is 0 Å². The van der Waals surface area contributed by atoms with E-state index < -0.39 is 0 Å². The summed E-state index contributed by atoms with van der Waals surface area (Å²) in [6.07, 6.45) is 12.4. The van der Waals surface area contributed by atoms with E-state index in [2.05, 4.69) is 38.1 Å². The highest BCUT2D eigenvalue weighted by atomic mass is 16.5. The molecule has 23 heavy (non-hydrogen) atoms. The van der Waals surface area contributed by atoms with Gasteiger partial charge in [0.15, 0.2) is 0 Å². The monoisotopic (exact) mass is 317 g/mol. The molecule has 2 atom stereocenters. The van der Waals surface area contributed by atoms with E-state index in [1.807, 2.05) is 0 Å². The van der Waals surface area contributed by atoms with Crippen LogP contribution in [0.3, 0.4) is 0 Å². The Morgan fingerprint density at radius 3 is 2.52 bits per heavy atom. The van der Waals surface area contributed by atoms with Gasteiger partial charge in [-0.1, -0.05) is 58.1 Å². The molecule has 0 amide bonds. The molecule has 1 aromatic carbocycles. The summed E-state index contributed by atoms with van der Waals surface area (Å²) >= 11 is 0. The van der Waals surface area contributed by atoms with Crippen LogP contribution in [0.5, 0.6) is 5.75 Å². The summed E-state index contributed by atoms with van der Waals surface area (Å²) in [6, 6.07) is 8.70. The lowest BCUT2D eigenvalue weighted by atomic mass is 9.82. The summed E-state index contributed by atoms with van der Waals surface area (Å²) in [7, 11) is 0. The fourth-order valence-corrected chi connectivity index (χ4v) is 3.84. The van der Waals surface area contributed by atoms with Gasteiger partial charge in [0.05, 0.1) is 6.61 Å².